The molecular weight excluding hydrogens is 248 g/mol. The van der Waals surface area contributed by atoms with E-state index in [0.29, 0.717) is 4.68 Å². The van der Waals surface area contributed by atoms with Crippen LogP contribution < -0.4 is 11.2 Å². The zero-order valence-corrected chi connectivity index (χ0v) is 9.04. The molecule has 10 heteroatoms. The number of anilines is 1. The summed E-state index contributed by atoms with van der Waals surface area (Å²) in [6.45, 7) is -0.507. The number of ether oxygens (including phenoxy) is 1. The lowest BCUT2D eigenvalue weighted by molar-refractivity contribution is -0.0617. The van der Waals surface area contributed by atoms with E-state index in [9.17, 15) is 15.0 Å². The molecule has 1 aliphatic rings. The zero-order valence-electron chi connectivity index (χ0n) is 9.04. The van der Waals surface area contributed by atoms with Crippen molar-refractivity contribution in [3.8, 4) is 0 Å². The molecule has 0 spiro atoms. The summed E-state index contributed by atoms with van der Waals surface area (Å²) in [4.78, 5) is 14.9. The minimum Gasteiger partial charge on any atom is -0.394 e. The monoisotopic (exact) mass is 260 g/mol. The van der Waals surface area contributed by atoms with Crippen LogP contribution in [-0.2, 0) is 4.74 Å². The van der Waals surface area contributed by atoms with Gasteiger partial charge in [-0.2, -0.15) is 14.8 Å². The molecule has 0 saturated carbocycles. The number of rotatable bonds is 3. The Morgan fingerprint density at radius 1 is 1.44 bits per heavy atom. The van der Waals surface area contributed by atoms with Crippen molar-refractivity contribution in [3.63, 3.8) is 0 Å². The number of aliphatic hydroxyl groups is 3. The van der Waals surface area contributed by atoms with Gasteiger partial charge in [-0.25, -0.2) is 4.79 Å². The van der Waals surface area contributed by atoms with Crippen LogP contribution in [0.3, 0.4) is 0 Å². The van der Waals surface area contributed by atoms with E-state index in [0.717, 1.165) is 6.20 Å². The van der Waals surface area contributed by atoms with Crippen molar-refractivity contribution in [3.05, 3.63) is 16.7 Å². The van der Waals surface area contributed by atoms with E-state index in [-0.39, 0.29) is 5.82 Å². The summed E-state index contributed by atoms with van der Waals surface area (Å²) in [6.07, 6.45) is -3.96. The second-order valence-corrected chi connectivity index (χ2v) is 3.71. The van der Waals surface area contributed by atoms with Gasteiger partial charge in [-0.05, 0) is 0 Å². The highest BCUT2D eigenvalue weighted by atomic mass is 16.6. The van der Waals surface area contributed by atoms with E-state index in [1.165, 1.54) is 0 Å². The molecular formula is C8H12N4O6. The molecule has 1 aromatic heterocycles. The molecule has 0 aromatic carbocycles. The van der Waals surface area contributed by atoms with Gasteiger partial charge >= 0.3 is 5.69 Å². The Kier molecular flexibility index (Phi) is 3.54. The molecule has 1 aliphatic heterocycles. The van der Waals surface area contributed by atoms with Gasteiger partial charge in [-0.1, -0.05) is 0 Å². The highest BCUT2D eigenvalue weighted by Crippen LogP contribution is 2.27. The molecule has 0 unspecified atom stereocenters. The molecule has 1 aromatic rings. The largest absolute Gasteiger partial charge is 0.394 e. The molecule has 0 bridgehead atoms. The molecule has 18 heavy (non-hydrogen) atoms. The van der Waals surface area contributed by atoms with Gasteiger partial charge in [0, 0.05) is 0 Å². The van der Waals surface area contributed by atoms with Crippen LogP contribution in [0.15, 0.2) is 11.0 Å². The Bertz CT molecular complexity index is 479. The quantitative estimate of drug-likeness (QED) is 0.359. The topological polar surface area (TPSA) is 150 Å². The number of nitrogens with one attached hydrogen (secondary N) is 1. The Labute approximate surface area is 100 Å². The van der Waals surface area contributed by atoms with Gasteiger partial charge in [0.1, 0.15) is 18.3 Å². The van der Waals surface area contributed by atoms with Crippen molar-refractivity contribution in [2.45, 2.75) is 24.5 Å². The van der Waals surface area contributed by atoms with Crippen molar-refractivity contribution in [2.75, 3.05) is 12.1 Å². The van der Waals surface area contributed by atoms with Crippen LogP contribution in [0.25, 0.3) is 0 Å². The van der Waals surface area contributed by atoms with Crippen molar-refractivity contribution in [1.82, 2.24) is 14.8 Å². The third-order valence-corrected chi connectivity index (χ3v) is 2.59. The number of nitrogens with zero attached hydrogens (tertiary/aromatic N) is 3. The first-order valence-corrected chi connectivity index (χ1v) is 5.07. The lowest BCUT2D eigenvalue weighted by Crippen LogP contribution is -2.37. The van der Waals surface area contributed by atoms with E-state index in [1.54, 1.807) is 5.48 Å². The Morgan fingerprint density at radius 3 is 2.67 bits per heavy atom. The smallest absolute Gasteiger partial charge is 0.368 e. The maximum absolute atomic E-state index is 11.5. The maximum atomic E-state index is 11.5. The van der Waals surface area contributed by atoms with Gasteiger partial charge in [-0.3, -0.25) is 10.7 Å². The predicted octanol–water partition coefficient (Wildman–Crippen LogP) is -2.95. The van der Waals surface area contributed by atoms with Gasteiger partial charge < -0.3 is 20.1 Å². The summed E-state index contributed by atoms with van der Waals surface area (Å²) in [7, 11) is 0. The zero-order chi connectivity index (χ0) is 13.3. The SMILES string of the molecule is O=c1nc(NO)cnn1[C@@H]1O[C@H](CO)[C@@H](O)[C@H]1O. The maximum Gasteiger partial charge on any atom is 0.368 e. The van der Waals surface area contributed by atoms with E-state index in [4.69, 9.17) is 15.1 Å². The summed E-state index contributed by atoms with van der Waals surface area (Å²) >= 11 is 0. The molecule has 0 aliphatic carbocycles. The highest BCUT2D eigenvalue weighted by Gasteiger charge is 2.44. The second kappa shape index (κ2) is 4.96. The molecule has 1 saturated heterocycles. The third kappa shape index (κ3) is 2.07. The first kappa shape index (κ1) is 12.9. The number of aromatic nitrogens is 3. The summed E-state index contributed by atoms with van der Waals surface area (Å²) in [5.41, 5.74) is 0.761. The second-order valence-electron chi connectivity index (χ2n) is 3.71. The van der Waals surface area contributed by atoms with Crippen LogP contribution in [0.5, 0.6) is 0 Å². The molecule has 100 valence electrons. The van der Waals surface area contributed by atoms with Crippen molar-refractivity contribution in [1.29, 1.82) is 0 Å². The fourth-order valence-corrected chi connectivity index (χ4v) is 1.66. The molecule has 0 radical (unpaired) electrons. The number of hydrogen-bond acceptors (Lipinski definition) is 9. The average molecular weight is 260 g/mol. The predicted molar refractivity (Wildman–Crippen MR) is 54.7 cm³/mol. The minimum atomic E-state index is -1.41. The first-order valence-electron chi connectivity index (χ1n) is 5.07. The van der Waals surface area contributed by atoms with E-state index >= 15 is 0 Å². The van der Waals surface area contributed by atoms with Gasteiger partial charge in [0.2, 0.25) is 0 Å². The average Bonchev–Trinajstić information content (AvgIpc) is 2.66. The molecule has 2 rings (SSSR count). The standard InChI is InChI=1S/C8H12N4O6/c13-2-3-5(14)6(15)7(18-3)12-8(16)10-4(11-17)1-9-12/h1,3,5-7,13-15,17H,2H2,(H,10,11,16)/t3-,5-,6-,7-/m1/s1. The molecule has 2 heterocycles. The van der Waals surface area contributed by atoms with Crippen LogP contribution in [0.1, 0.15) is 6.23 Å². The Morgan fingerprint density at radius 2 is 2.17 bits per heavy atom. The third-order valence-electron chi connectivity index (χ3n) is 2.59. The van der Waals surface area contributed by atoms with Crippen LogP contribution in [-0.4, -0.2) is 60.2 Å². The fraction of sp³-hybridized carbons (Fsp3) is 0.625. The van der Waals surface area contributed by atoms with Crippen molar-refractivity contribution >= 4 is 5.82 Å². The van der Waals surface area contributed by atoms with Crippen molar-refractivity contribution in [2.24, 2.45) is 0 Å². The molecule has 4 atom stereocenters. The van der Waals surface area contributed by atoms with Gasteiger partial charge in [0.15, 0.2) is 12.0 Å². The molecule has 0 amide bonds. The normalized spacial score (nSPS) is 31.6. The van der Waals surface area contributed by atoms with Crippen LogP contribution in [0.2, 0.25) is 0 Å². The fourth-order valence-electron chi connectivity index (χ4n) is 1.66. The molecule has 5 N–H and O–H groups in total. The Balaban J connectivity index is 2.30. The van der Waals surface area contributed by atoms with Crippen LogP contribution >= 0.6 is 0 Å². The molecule has 1 fully saturated rings. The molecule has 10 nitrogen and oxygen atoms in total. The highest BCUT2D eigenvalue weighted by molar-refractivity contribution is 5.24. The van der Waals surface area contributed by atoms with E-state index in [1.807, 2.05) is 0 Å². The van der Waals surface area contributed by atoms with Gasteiger partial charge in [0.05, 0.1) is 12.8 Å². The minimum absolute atomic E-state index is 0.164. The Hall–Kier alpha value is -1.59. The van der Waals surface area contributed by atoms with E-state index < -0.39 is 36.8 Å². The summed E-state index contributed by atoms with van der Waals surface area (Å²) < 4.78 is 5.82. The summed E-state index contributed by atoms with van der Waals surface area (Å²) in [5, 5.41) is 40.3. The summed E-state index contributed by atoms with van der Waals surface area (Å²) in [6, 6.07) is 0. The van der Waals surface area contributed by atoms with Crippen LogP contribution in [0.4, 0.5) is 5.82 Å². The van der Waals surface area contributed by atoms with Gasteiger partial charge in [-0.15, -0.1) is 0 Å². The van der Waals surface area contributed by atoms with Gasteiger partial charge in [0.25, 0.3) is 0 Å². The van der Waals surface area contributed by atoms with Crippen LogP contribution in [0, 0.1) is 0 Å². The first-order chi connectivity index (χ1) is 8.58. The lowest BCUT2D eigenvalue weighted by atomic mass is 10.1. The van der Waals surface area contributed by atoms with E-state index in [2.05, 4.69) is 10.1 Å². The van der Waals surface area contributed by atoms with Crippen molar-refractivity contribution < 1.29 is 25.3 Å². The number of hydrogen-bond donors (Lipinski definition) is 5. The summed E-state index contributed by atoms with van der Waals surface area (Å²) in [5.74, 6) is -0.164. The number of aliphatic hydroxyl groups excluding tert-OH is 3. The lowest BCUT2D eigenvalue weighted by Gasteiger charge is -2.15.